The van der Waals surface area contributed by atoms with Gasteiger partial charge in [-0.15, -0.1) is 0 Å². The van der Waals surface area contributed by atoms with E-state index in [-0.39, 0.29) is 11.8 Å². The molecule has 6 nitrogen and oxygen atoms in total. The van der Waals surface area contributed by atoms with Crippen LogP contribution in [0.4, 0.5) is 0 Å². The molecule has 0 aromatic heterocycles. The van der Waals surface area contributed by atoms with Gasteiger partial charge >= 0.3 is 0 Å². The molecule has 1 aliphatic heterocycles. The van der Waals surface area contributed by atoms with Crippen molar-refractivity contribution in [3.8, 4) is 0 Å². The van der Waals surface area contributed by atoms with E-state index in [0.717, 1.165) is 41.3 Å². The van der Waals surface area contributed by atoms with Crippen LogP contribution in [0.15, 0.2) is 33.4 Å². The van der Waals surface area contributed by atoms with Gasteiger partial charge in [-0.2, -0.15) is 0 Å². The van der Waals surface area contributed by atoms with Crippen LogP contribution in [0.5, 0.6) is 0 Å². The lowest BCUT2D eigenvalue weighted by molar-refractivity contribution is -0.134. The third-order valence-corrected chi connectivity index (χ3v) is 5.35. The van der Waals surface area contributed by atoms with Crippen LogP contribution in [0.2, 0.25) is 0 Å². The van der Waals surface area contributed by atoms with Crippen molar-refractivity contribution in [2.24, 2.45) is 0 Å². The normalized spacial score (nSPS) is 21.4. The summed E-state index contributed by atoms with van der Waals surface area (Å²) in [6.45, 7) is 3.95. The third-order valence-electron chi connectivity index (χ3n) is 4.19. The highest BCUT2D eigenvalue weighted by Crippen LogP contribution is 2.37. The topological polar surface area (TPSA) is 87.3 Å². The lowest BCUT2D eigenvalue weighted by Crippen LogP contribution is -2.50. The maximum absolute atomic E-state index is 12.1. The van der Waals surface area contributed by atoms with Crippen molar-refractivity contribution in [1.82, 2.24) is 16.0 Å². The fraction of sp³-hybridized carbons (Fsp3) is 0.500. The van der Waals surface area contributed by atoms with Crippen molar-refractivity contribution in [3.05, 3.63) is 33.4 Å². The first-order valence-electron chi connectivity index (χ1n) is 8.66. The second-order valence-corrected chi connectivity index (χ2v) is 7.06. The molecule has 1 atom stereocenters. The molecular weight excluding hydrogens is 338 g/mol. The Hall–Kier alpha value is -2.02. The van der Waals surface area contributed by atoms with Crippen LogP contribution in [0.25, 0.3) is 0 Å². The summed E-state index contributed by atoms with van der Waals surface area (Å²) < 4.78 is 0. The van der Waals surface area contributed by atoms with E-state index in [1.54, 1.807) is 0 Å². The molecule has 136 valence electrons. The summed E-state index contributed by atoms with van der Waals surface area (Å²) in [7, 11) is 0. The van der Waals surface area contributed by atoms with Crippen molar-refractivity contribution < 1.29 is 14.4 Å². The summed E-state index contributed by atoms with van der Waals surface area (Å²) in [5.41, 5.74) is 2.25. The Bertz CT molecular complexity index is 631. The van der Waals surface area contributed by atoms with Crippen LogP contribution in [0, 0.1) is 0 Å². The van der Waals surface area contributed by atoms with Gasteiger partial charge in [0.1, 0.15) is 6.04 Å². The number of allylic oxidation sites excluding steroid dienone is 3. The van der Waals surface area contributed by atoms with Crippen LogP contribution in [0.3, 0.4) is 0 Å². The molecule has 25 heavy (non-hydrogen) atoms. The van der Waals surface area contributed by atoms with Crippen LogP contribution < -0.4 is 16.0 Å². The van der Waals surface area contributed by atoms with Gasteiger partial charge < -0.3 is 10.6 Å². The fourth-order valence-electron chi connectivity index (χ4n) is 2.70. The number of piperidine rings is 1. The number of hydrogen-bond acceptors (Lipinski definition) is 5. The lowest BCUT2D eigenvalue weighted by atomic mass is 9.89. The summed E-state index contributed by atoms with van der Waals surface area (Å²) in [4.78, 5) is 35.2. The molecule has 1 aliphatic carbocycles. The molecule has 2 aliphatic rings. The van der Waals surface area contributed by atoms with Gasteiger partial charge in [0.05, 0.1) is 5.03 Å². The molecule has 0 spiro atoms. The monoisotopic (exact) mass is 363 g/mol. The molecular formula is C18H25N3O3S. The third kappa shape index (κ3) is 5.22. The molecule has 3 N–H and O–H groups in total. The number of amides is 3. The zero-order valence-electron chi connectivity index (χ0n) is 14.7. The minimum absolute atomic E-state index is 0.218. The quantitative estimate of drug-likeness (QED) is 0.455. The molecule has 7 heteroatoms. The Kier molecular flexibility index (Phi) is 7.31. The Morgan fingerprint density at radius 1 is 1.32 bits per heavy atom. The second-order valence-electron chi connectivity index (χ2n) is 5.97. The van der Waals surface area contributed by atoms with Crippen molar-refractivity contribution in [1.29, 1.82) is 0 Å². The molecule has 3 amide bonds. The van der Waals surface area contributed by atoms with Crippen LogP contribution >= 0.6 is 11.8 Å². The Morgan fingerprint density at radius 3 is 2.60 bits per heavy atom. The van der Waals surface area contributed by atoms with Gasteiger partial charge in [0.2, 0.25) is 18.2 Å². The van der Waals surface area contributed by atoms with E-state index < -0.39 is 6.04 Å². The summed E-state index contributed by atoms with van der Waals surface area (Å²) >= 11 is 1.48. The second kappa shape index (κ2) is 9.46. The SMILES string of the molecule is C/C=C(\S/C(=C/CC)NC=O)C(NC1CCC(=O)NC1=O)=C1CCC1. The summed E-state index contributed by atoms with van der Waals surface area (Å²) in [6.07, 6.45) is 9.41. The number of nitrogens with one attached hydrogen (secondary N) is 3. The largest absolute Gasteiger partial charge is 0.373 e. The highest BCUT2D eigenvalue weighted by Gasteiger charge is 2.29. The van der Waals surface area contributed by atoms with Gasteiger partial charge in [0.15, 0.2) is 0 Å². The molecule has 1 heterocycles. The van der Waals surface area contributed by atoms with E-state index in [2.05, 4.69) is 16.0 Å². The number of carbonyl (C=O) groups excluding carboxylic acids is 3. The van der Waals surface area contributed by atoms with Gasteiger partial charge in [-0.3, -0.25) is 19.7 Å². The highest BCUT2D eigenvalue weighted by molar-refractivity contribution is 8.06. The van der Waals surface area contributed by atoms with E-state index in [0.29, 0.717) is 19.3 Å². The predicted octanol–water partition coefficient (Wildman–Crippen LogP) is 2.45. The average Bonchev–Trinajstić information content (AvgIpc) is 2.53. The minimum Gasteiger partial charge on any atom is -0.373 e. The van der Waals surface area contributed by atoms with Crippen LogP contribution in [-0.2, 0) is 14.4 Å². The summed E-state index contributed by atoms with van der Waals surface area (Å²) in [6, 6.07) is -0.408. The number of carbonyl (C=O) groups is 3. The van der Waals surface area contributed by atoms with Crippen molar-refractivity contribution in [3.63, 3.8) is 0 Å². The van der Waals surface area contributed by atoms with Crippen molar-refractivity contribution in [2.45, 2.75) is 58.4 Å². The first-order chi connectivity index (χ1) is 12.1. The first-order valence-corrected chi connectivity index (χ1v) is 9.47. The molecule has 2 rings (SSSR count). The van der Waals surface area contributed by atoms with E-state index in [1.165, 1.54) is 17.3 Å². The smallest absolute Gasteiger partial charge is 0.249 e. The number of imide groups is 1. The Balaban J connectivity index is 2.19. The molecule has 1 saturated heterocycles. The molecule has 2 fully saturated rings. The maximum Gasteiger partial charge on any atom is 0.249 e. The van der Waals surface area contributed by atoms with Crippen molar-refractivity contribution in [2.75, 3.05) is 0 Å². The summed E-state index contributed by atoms with van der Waals surface area (Å²) in [5.74, 6) is -0.491. The zero-order chi connectivity index (χ0) is 18.2. The van der Waals surface area contributed by atoms with Gasteiger partial charge in [-0.25, -0.2) is 0 Å². The molecule has 0 aromatic rings. The summed E-state index contributed by atoms with van der Waals surface area (Å²) in [5, 5.41) is 9.24. The molecule has 1 saturated carbocycles. The average molecular weight is 363 g/mol. The first kappa shape index (κ1) is 19.3. The molecule has 0 aromatic carbocycles. The zero-order valence-corrected chi connectivity index (χ0v) is 15.5. The molecule has 0 radical (unpaired) electrons. The number of hydrogen-bond donors (Lipinski definition) is 3. The van der Waals surface area contributed by atoms with Gasteiger partial charge in [-0.05, 0) is 44.6 Å². The van der Waals surface area contributed by atoms with E-state index in [4.69, 9.17) is 0 Å². The predicted molar refractivity (Wildman–Crippen MR) is 99.1 cm³/mol. The van der Waals surface area contributed by atoms with Gasteiger partial charge in [-0.1, -0.05) is 30.8 Å². The van der Waals surface area contributed by atoms with Gasteiger partial charge in [0, 0.05) is 17.0 Å². The lowest BCUT2D eigenvalue weighted by Gasteiger charge is -2.30. The molecule has 1 unspecified atom stereocenters. The van der Waals surface area contributed by atoms with E-state index in [9.17, 15) is 14.4 Å². The Labute approximate surface area is 152 Å². The van der Waals surface area contributed by atoms with Gasteiger partial charge in [0.25, 0.3) is 0 Å². The molecule has 0 bridgehead atoms. The van der Waals surface area contributed by atoms with Crippen molar-refractivity contribution >= 4 is 30.0 Å². The number of thioether (sulfide) groups is 1. The highest BCUT2D eigenvalue weighted by atomic mass is 32.2. The maximum atomic E-state index is 12.1. The number of rotatable bonds is 8. The standard InChI is InChI=1S/C18H25N3O3S/c1-3-6-16(19-11-22)25-14(4-2)17(12-7-5-8-12)20-13-9-10-15(23)21-18(13)24/h4,6,11,13,20H,3,5,7-10H2,1-2H3,(H,19,22)(H,21,23,24)/b14-4-,16-6+. The fourth-order valence-corrected chi connectivity index (χ4v) is 3.72. The van der Waals surface area contributed by atoms with E-state index >= 15 is 0 Å². The van der Waals surface area contributed by atoms with Crippen LogP contribution in [-0.4, -0.2) is 24.3 Å². The van der Waals surface area contributed by atoms with Crippen LogP contribution in [0.1, 0.15) is 52.4 Å². The minimum atomic E-state index is -0.408. The Morgan fingerprint density at radius 2 is 2.08 bits per heavy atom. The van der Waals surface area contributed by atoms with E-state index in [1.807, 2.05) is 26.0 Å².